The smallest absolute Gasteiger partial charge is 0.244 e. The van der Waals surface area contributed by atoms with E-state index in [1.165, 1.54) is 4.90 Å². The molecule has 138 valence electrons. The number of benzene rings is 1. The van der Waals surface area contributed by atoms with E-state index in [-0.39, 0.29) is 24.3 Å². The van der Waals surface area contributed by atoms with Gasteiger partial charge in [-0.2, -0.15) is 0 Å². The summed E-state index contributed by atoms with van der Waals surface area (Å²) in [6.45, 7) is 5.34. The Morgan fingerprint density at radius 1 is 1.28 bits per heavy atom. The van der Waals surface area contributed by atoms with Gasteiger partial charge in [0.1, 0.15) is 0 Å². The van der Waals surface area contributed by atoms with E-state index in [2.05, 4.69) is 10.6 Å². The van der Waals surface area contributed by atoms with Crippen molar-refractivity contribution in [2.75, 3.05) is 31.5 Å². The Hall–Kier alpha value is -2.09. The van der Waals surface area contributed by atoms with Gasteiger partial charge >= 0.3 is 0 Å². The summed E-state index contributed by atoms with van der Waals surface area (Å²) in [5.74, 6) is -5.23. The highest BCUT2D eigenvalue weighted by atomic mass is 19.2. The molecule has 2 N–H and O–H groups in total. The molecule has 1 atom stereocenters. The molecule has 1 aromatic carbocycles. The molecule has 2 amide bonds. The molecular formula is C17H22F3N3O2. The number of rotatable bonds is 7. The number of anilines is 1. The third-order valence-corrected chi connectivity index (χ3v) is 4.36. The van der Waals surface area contributed by atoms with Gasteiger partial charge in [-0.25, -0.2) is 13.2 Å². The summed E-state index contributed by atoms with van der Waals surface area (Å²) in [5, 5.41) is 5.29. The van der Waals surface area contributed by atoms with Crippen molar-refractivity contribution < 1.29 is 22.8 Å². The summed E-state index contributed by atoms with van der Waals surface area (Å²) in [4.78, 5) is 26.1. The third-order valence-electron chi connectivity index (χ3n) is 4.36. The van der Waals surface area contributed by atoms with Crippen molar-refractivity contribution in [3.63, 3.8) is 0 Å². The minimum absolute atomic E-state index is 0.144. The molecule has 2 rings (SSSR count). The molecule has 0 spiro atoms. The molecule has 0 saturated carbocycles. The van der Waals surface area contributed by atoms with E-state index in [0.717, 1.165) is 25.2 Å². The Morgan fingerprint density at radius 2 is 1.96 bits per heavy atom. The summed E-state index contributed by atoms with van der Waals surface area (Å²) in [6, 6.07) is 1.68. The molecule has 1 aliphatic rings. The van der Waals surface area contributed by atoms with Gasteiger partial charge in [0.2, 0.25) is 11.8 Å². The number of hydrogen-bond donors (Lipinski definition) is 2. The zero-order valence-electron chi connectivity index (χ0n) is 14.2. The first-order chi connectivity index (χ1) is 11.8. The highest BCUT2D eigenvalue weighted by molar-refractivity contribution is 5.95. The summed E-state index contributed by atoms with van der Waals surface area (Å²) in [7, 11) is 0. The largest absolute Gasteiger partial charge is 0.333 e. The van der Waals surface area contributed by atoms with Crippen LogP contribution >= 0.6 is 0 Å². The molecule has 0 aliphatic carbocycles. The number of nitrogens with zero attached hydrogens (tertiary/aromatic N) is 1. The molecule has 0 aromatic heterocycles. The predicted octanol–water partition coefficient (Wildman–Crippen LogP) is 2.14. The van der Waals surface area contributed by atoms with Gasteiger partial charge in [0, 0.05) is 12.5 Å². The molecule has 0 radical (unpaired) electrons. The second-order valence-corrected chi connectivity index (χ2v) is 6.24. The second kappa shape index (κ2) is 8.33. The van der Waals surface area contributed by atoms with Gasteiger partial charge in [-0.1, -0.05) is 13.8 Å². The average molecular weight is 357 g/mol. The number of nitrogens with one attached hydrogen (secondary N) is 2. The fourth-order valence-electron chi connectivity index (χ4n) is 2.68. The quantitative estimate of drug-likeness (QED) is 0.735. The minimum Gasteiger partial charge on any atom is -0.333 e. The van der Waals surface area contributed by atoms with Crippen LogP contribution in [0.2, 0.25) is 0 Å². The van der Waals surface area contributed by atoms with Crippen LogP contribution in [0.3, 0.4) is 0 Å². The molecule has 5 nitrogen and oxygen atoms in total. The minimum atomic E-state index is -1.65. The van der Waals surface area contributed by atoms with Crippen LogP contribution in [0.15, 0.2) is 12.1 Å². The van der Waals surface area contributed by atoms with Crippen molar-refractivity contribution in [2.24, 2.45) is 11.8 Å². The monoisotopic (exact) mass is 357 g/mol. The summed E-state index contributed by atoms with van der Waals surface area (Å²) >= 11 is 0. The Morgan fingerprint density at radius 3 is 2.52 bits per heavy atom. The van der Waals surface area contributed by atoms with Crippen LogP contribution in [0.25, 0.3) is 0 Å². The molecule has 0 bridgehead atoms. The third kappa shape index (κ3) is 4.50. The highest BCUT2D eigenvalue weighted by Crippen LogP contribution is 2.21. The standard InChI is InChI=1S/C17H22F3N3O2/c1-3-6-23(17(25)10(2)11-7-21-8-11)9-14(24)22-13-5-4-12(18)15(19)16(13)20/h4-5,10-11,21H,3,6-9H2,1-2H3,(H,22,24). The van der Waals surface area contributed by atoms with Crippen molar-refractivity contribution in [3.05, 3.63) is 29.6 Å². The summed E-state index contributed by atoms with van der Waals surface area (Å²) in [5.41, 5.74) is -0.455. The first kappa shape index (κ1) is 19.2. The van der Waals surface area contributed by atoms with Crippen LogP contribution in [0, 0.1) is 29.3 Å². The van der Waals surface area contributed by atoms with Crippen LogP contribution in [-0.4, -0.2) is 42.9 Å². The number of amides is 2. The van der Waals surface area contributed by atoms with Gasteiger partial charge in [-0.3, -0.25) is 9.59 Å². The van der Waals surface area contributed by atoms with E-state index in [1.807, 2.05) is 13.8 Å². The number of carbonyl (C=O) groups is 2. The number of carbonyl (C=O) groups excluding carboxylic acids is 2. The van der Waals surface area contributed by atoms with Crippen molar-refractivity contribution in [2.45, 2.75) is 20.3 Å². The van der Waals surface area contributed by atoms with Gasteiger partial charge in [-0.05, 0) is 37.6 Å². The molecule has 1 aliphatic heterocycles. The zero-order chi connectivity index (χ0) is 18.6. The maximum absolute atomic E-state index is 13.6. The van der Waals surface area contributed by atoms with Crippen molar-refractivity contribution >= 4 is 17.5 Å². The van der Waals surface area contributed by atoms with Gasteiger partial charge in [0.05, 0.1) is 12.2 Å². The van der Waals surface area contributed by atoms with Crippen LogP contribution in [0.1, 0.15) is 20.3 Å². The van der Waals surface area contributed by atoms with E-state index < -0.39 is 29.0 Å². The summed E-state index contributed by atoms with van der Waals surface area (Å²) in [6.07, 6.45) is 0.661. The SMILES string of the molecule is CCCN(CC(=O)Nc1ccc(F)c(F)c1F)C(=O)C(C)C1CNC1. The molecule has 1 aromatic rings. The lowest BCUT2D eigenvalue weighted by Gasteiger charge is -2.34. The number of hydrogen-bond acceptors (Lipinski definition) is 3. The number of halogens is 3. The topological polar surface area (TPSA) is 61.4 Å². The van der Waals surface area contributed by atoms with Crippen LogP contribution in [0.4, 0.5) is 18.9 Å². The van der Waals surface area contributed by atoms with E-state index >= 15 is 0 Å². The lowest BCUT2D eigenvalue weighted by Crippen LogP contribution is -2.51. The average Bonchev–Trinajstić information content (AvgIpc) is 2.52. The Labute approximate surface area is 144 Å². The van der Waals surface area contributed by atoms with Gasteiger partial charge in [-0.15, -0.1) is 0 Å². The molecule has 8 heteroatoms. The fraction of sp³-hybridized carbons (Fsp3) is 0.529. The van der Waals surface area contributed by atoms with E-state index in [0.29, 0.717) is 13.0 Å². The first-order valence-corrected chi connectivity index (χ1v) is 8.28. The van der Waals surface area contributed by atoms with Crippen LogP contribution < -0.4 is 10.6 Å². The molecule has 1 fully saturated rings. The molecule has 25 heavy (non-hydrogen) atoms. The van der Waals surface area contributed by atoms with E-state index in [9.17, 15) is 22.8 Å². The van der Waals surface area contributed by atoms with Crippen LogP contribution in [0.5, 0.6) is 0 Å². The van der Waals surface area contributed by atoms with E-state index in [1.54, 1.807) is 0 Å². The van der Waals surface area contributed by atoms with Gasteiger partial charge in [0.15, 0.2) is 17.5 Å². The predicted molar refractivity (Wildman–Crippen MR) is 87.3 cm³/mol. The normalized spacial score (nSPS) is 15.4. The van der Waals surface area contributed by atoms with Gasteiger partial charge in [0.25, 0.3) is 0 Å². The molecule has 1 saturated heterocycles. The Kier molecular flexibility index (Phi) is 6.41. The molecular weight excluding hydrogens is 335 g/mol. The van der Waals surface area contributed by atoms with Crippen molar-refractivity contribution in [3.8, 4) is 0 Å². The lowest BCUT2D eigenvalue weighted by atomic mass is 9.88. The second-order valence-electron chi connectivity index (χ2n) is 6.24. The maximum atomic E-state index is 13.6. The Bertz CT molecular complexity index is 650. The lowest BCUT2D eigenvalue weighted by molar-refractivity contribution is -0.140. The van der Waals surface area contributed by atoms with Crippen molar-refractivity contribution in [1.29, 1.82) is 0 Å². The zero-order valence-corrected chi connectivity index (χ0v) is 14.2. The molecule has 1 heterocycles. The molecule has 1 unspecified atom stereocenters. The van der Waals surface area contributed by atoms with E-state index in [4.69, 9.17) is 0 Å². The highest BCUT2D eigenvalue weighted by Gasteiger charge is 2.32. The summed E-state index contributed by atoms with van der Waals surface area (Å²) < 4.78 is 39.8. The van der Waals surface area contributed by atoms with Gasteiger partial charge < -0.3 is 15.5 Å². The maximum Gasteiger partial charge on any atom is 0.244 e. The van der Waals surface area contributed by atoms with Crippen LogP contribution in [-0.2, 0) is 9.59 Å². The van der Waals surface area contributed by atoms with Crippen molar-refractivity contribution in [1.82, 2.24) is 10.2 Å². The Balaban J connectivity index is 2.02. The first-order valence-electron chi connectivity index (χ1n) is 8.28. The fourth-order valence-corrected chi connectivity index (χ4v) is 2.68.